The summed E-state index contributed by atoms with van der Waals surface area (Å²) in [7, 11) is 0.974. The zero-order valence-electron chi connectivity index (χ0n) is 8.61. The van der Waals surface area contributed by atoms with Gasteiger partial charge in [0.2, 0.25) is 0 Å². The minimum Gasteiger partial charge on any atom is -0.383 e. The third kappa shape index (κ3) is 3.10. The fourth-order valence-corrected chi connectivity index (χ4v) is 1.58. The molecule has 1 aromatic heterocycles. The summed E-state index contributed by atoms with van der Waals surface area (Å²) in [6.45, 7) is 0.0339. The number of nitrogen functional groups attached to an aromatic ring is 1. The summed E-state index contributed by atoms with van der Waals surface area (Å²) in [4.78, 5) is 14.9. The van der Waals surface area contributed by atoms with Crippen molar-refractivity contribution in [1.82, 2.24) is 9.55 Å². The van der Waals surface area contributed by atoms with Crippen molar-refractivity contribution in [2.45, 2.75) is 18.5 Å². The molecule has 8 heteroatoms. The first-order valence-electron chi connectivity index (χ1n) is 4.44. The third-order valence-corrected chi connectivity index (χ3v) is 2.67. The quantitative estimate of drug-likeness (QED) is 0.532. The van der Waals surface area contributed by atoms with E-state index in [1.165, 1.54) is 23.9 Å². The topological polar surface area (TPSA) is 107 Å². The Labute approximate surface area is 93.1 Å². The summed E-state index contributed by atoms with van der Waals surface area (Å²) >= 11 is 0. The predicted molar refractivity (Wildman–Crippen MR) is 57.3 cm³/mol. The largest absolute Gasteiger partial charge is 0.383 e. The number of nitrogens with two attached hydrogens (primary N) is 1. The predicted octanol–water partition coefficient (Wildman–Crippen LogP) is -0.549. The van der Waals surface area contributed by atoms with Gasteiger partial charge in [0.1, 0.15) is 11.5 Å². The molecule has 2 atom stereocenters. The maximum absolute atomic E-state index is 11.3. The van der Waals surface area contributed by atoms with Gasteiger partial charge in [-0.15, -0.1) is 0 Å². The SMILES string of the molecule is CO[C@H](O)[C@H](Cn1ccc(N)nc1=O)P=O. The van der Waals surface area contributed by atoms with Crippen molar-refractivity contribution in [3.05, 3.63) is 22.7 Å². The molecule has 0 aliphatic heterocycles. The van der Waals surface area contributed by atoms with Crippen LogP contribution < -0.4 is 11.4 Å². The van der Waals surface area contributed by atoms with Crippen molar-refractivity contribution in [2.75, 3.05) is 12.8 Å². The van der Waals surface area contributed by atoms with Crippen LogP contribution in [-0.2, 0) is 15.8 Å². The van der Waals surface area contributed by atoms with E-state index >= 15 is 0 Å². The first-order chi connectivity index (χ1) is 7.58. The van der Waals surface area contributed by atoms with Crippen LogP contribution in [-0.4, -0.2) is 33.7 Å². The van der Waals surface area contributed by atoms with Gasteiger partial charge in [-0.05, 0) is 6.07 Å². The molecule has 0 aromatic carbocycles. The van der Waals surface area contributed by atoms with Crippen LogP contribution in [0.25, 0.3) is 0 Å². The Bertz CT molecular complexity index is 422. The highest BCUT2D eigenvalue weighted by Gasteiger charge is 2.20. The molecule has 7 nitrogen and oxygen atoms in total. The lowest BCUT2D eigenvalue weighted by atomic mass is 10.4. The van der Waals surface area contributed by atoms with Gasteiger partial charge in [0, 0.05) is 19.9 Å². The summed E-state index contributed by atoms with van der Waals surface area (Å²) < 4.78 is 16.6. The lowest BCUT2D eigenvalue weighted by Crippen LogP contribution is -2.33. The molecule has 0 amide bonds. The number of aliphatic hydroxyl groups is 1. The Kier molecular flexibility index (Phi) is 4.54. The van der Waals surface area contributed by atoms with Crippen LogP contribution in [0.3, 0.4) is 0 Å². The maximum Gasteiger partial charge on any atom is 0.349 e. The summed E-state index contributed by atoms with van der Waals surface area (Å²) in [5.74, 6) is 0.116. The van der Waals surface area contributed by atoms with Crippen LogP contribution in [0.2, 0.25) is 0 Å². The molecular weight excluding hydrogens is 233 g/mol. The molecule has 0 spiro atoms. The summed E-state index contributed by atoms with van der Waals surface area (Å²) in [6.07, 6.45) is 0.217. The lowest BCUT2D eigenvalue weighted by molar-refractivity contribution is -0.0767. The molecule has 0 fully saturated rings. The van der Waals surface area contributed by atoms with Crippen molar-refractivity contribution in [2.24, 2.45) is 0 Å². The molecule has 0 saturated carbocycles. The van der Waals surface area contributed by atoms with Gasteiger partial charge < -0.3 is 15.6 Å². The third-order valence-electron chi connectivity index (χ3n) is 1.99. The zero-order valence-corrected chi connectivity index (χ0v) is 9.50. The molecule has 0 radical (unpaired) electrons. The Morgan fingerprint density at radius 2 is 2.44 bits per heavy atom. The van der Waals surface area contributed by atoms with Crippen LogP contribution in [0.4, 0.5) is 5.82 Å². The number of ether oxygens (including phenoxy) is 1. The van der Waals surface area contributed by atoms with E-state index in [-0.39, 0.29) is 20.8 Å². The Hall–Kier alpha value is -1.30. The number of hydrogen-bond donors (Lipinski definition) is 2. The van der Waals surface area contributed by atoms with E-state index in [0.29, 0.717) is 0 Å². The number of nitrogens with zero attached hydrogens (tertiary/aromatic N) is 2. The molecule has 88 valence electrons. The monoisotopic (exact) mass is 245 g/mol. The van der Waals surface area contributed by atoms with E-state index in [4.69, 9.17) is 5.73 Å². The maximum atomic E-state index is 11.3. The van der Waals surface area contributed by atoms with Crippen LogP contribution >= 0.6 is 8.46 Å². The van der Waals surface area contributed by atoms with Gasteiger partial charge in [-0.2, -0.15) is 4.98 Å². The summed E-state index contributed by atoms with van der Waals surface area (Å²) in [5, 5.41) is 9.33. The second kappa shape index (κ2) is 5.69. The van der Waals surface area contributed by atoms with E-state index < -0.39 is 17.6 Å². The Morgan fingerprint density at radius 1 is 1.75 bits per heavy atom. The fourth-order valence-electron chi connectivity index (χ4n) is 1.12. The molecule has 1 heterocycles. The minimum absolute atomic E-state index is 0.0339. The van der Waals surface area contributed by atoms with E-state index in [2.05, 4.69) is 9.72 Å². The molecule has 1 aromatic rings. The minimum atomic E-state index is -1.20. The number of hydrogen-bond acceptors (Lipinski definition) is 6. The van der Waals surface area contributed by atoms with Crippen molar-refractivity contribution in [3.63, 3.8) is 0 Å². The molecule has 1 rings (SSSR count). The Balaban J connectivity index is 2.86. The highest BCUT2D eigenvalue weighted by molar-refractivity contribution is 7.24. The normalized spacial score (nSPS) is 14.9. The molecule has 16 heavy (non-hydrogen) atoms. The van der Waals surface area contributed by atoms with Gasteiger partial charge in [0.05, 0.1) is 0 Å². The van der Waals surface area contributed by atoms with Gasteiger partial charge >= 0.3 is 5.69 Å². The van der Waals surface area contributed by atoms with Gasteiger partial charge in [-0.25, -0.2) is 4.79 Å². The zero-order chi connectivity index (χ0) is 12.1. The van der Waals surface area contributed by atoms with Gasteiger partial charge in [-0.1, -0.05) is 0 Å². The van der Waals surface area contributed by atoms with Crippen molar-refractivity contribution in [3.8, 4) is 0 Å². The van der Waals surface area contributed by atoms with Crippen LogP contribution in [0.5, 0.6) is 0 Å². The molecule has 0 unspecified atom stereocenters. The fraction of sp³-hybridized carbons (Fsp3) is 0.500. The standard InChI is InChI=1S/C8H12N3O4P/c1-15-7(12)5(16-14)4-11-3-2-6(9)10-8(11)13/h2-3,5,7,12H,4H2,1H3,(H2,9,10,13)/t5-,7-/m0/s1. The average Bonchev–Trinajstić information content (AvgIpc) is 2.27. The van der Waals surface area contributed by atoms with Gasteiger partial charge in [0.15, 0.2) is 14.8 Å². The number of aliphatic hydroxyl groups excluding tert-OH is 1. The van der Waals surface area contributed by atoms with Crippen LogP contribution in [0, 0.1) is 0 Å². The number of anilines is 1. The lowest BCUT2D eigenvalue weighted by Gasteiger charge is -2.15. The number of methoxy groups -OCH3 is 1. The molecule has 0 aliphatic rings. The molecule has 0 bridgehead atoms. The first-order valence-corrected chi connectivity index (χ1v) is 5.33. The average molecular weight is 245 g/mol. The highest BCUT2D eigenvalue weighted by atomic mass is 31.1. The molecular formula is C8H12N3O4P. The smallest absolute Gasteiger partial charge is 0.349 e. The van der Waals surface area contributed by atoms with E-state index in [9.17, 15) is 14.5 Å². The summed E-state index contributed by atoms with van der Waals surface area (Å²) in [5.41, 5.74) is 4.03. The van der Waals surface area contributed by atoms with E-state index in [1.54, 1.807) is 0 Å². The van der Waals surface area contributed by atoms with E-state index in [1.807, 2.05) is 0 Å². The Morgan fingerprint density at radius 3 is 2.94 bits per heavy atom. The van der Waals surface area contributed by atoms with Crippen LogP contribution in [0.15, 0.2) is 17.1 Å². The molecule has 3 N–H and O–H groups in total. The second-order valence-electron chi connectivity index (χ2n) is 3.09. The van der Waals surface area contributed by atoms with Gasteiger partial charge in [0.25, 0.3) is 0 Å². The van der Waals surface area contributed by atoms with Crippen molar-refractivity contribution >= 4 is 14.3 Å². The molecule has 0 saturated heterocycles. The van der Waals surface area contributed by atoms with Crippen molar-refractivity contribution in [1.29, 1.82) is 0 Å². The summed E-state index contributed by atoms with van der Waals surface area (Å²) in [6, 6.07) is 1.44. The van der Waals surface area contributed by atoms with Gasteiger partial charge in [-0.3, -0.25) is 9.13 Å². The van der Waals surface area contributed by atoms with Crippen molar-refractivity contribution < 1.29 is 14.4 Å². The first kappa shape index (κ1) is 12.8. The van der Waals surface area contributed by atoms with E-state index in [0.717, 1.165) is 0 Å². The number of rotatable bonds is 5. The second-order valence-corrected chi connectivity index (χ2v) is 3.96. The van der Waals surface area contributed by atoms with Crippen LogP contribution in [0.1, 0.15) is 0 Å². The number of aromatic nitrogens is 2. The molecule has 0 aliphatic carbocycles. The highest BCUT2D eigenvalue weighted by Crippen LogP contribution is 2.13.